The number of rotatable bonds is 3. The summed E-state index contributed by atoms with van der Waals surface area (Å²) in [6, 6.07) is 0. The summed E-state index contributed by atoms with van der Waals surface area (Å²) in [6.07, 6.45) is 3.59. The van der Waals surface area contributed by atoms with Crippen LogP contribution in [0.15, 0.2) is 18.9 Å². The highest BCUT2D eigenvalue weighted by Gasteiger charge is 2.10. The maximum Gasteiger partial charge on any atom is 0.413 e. The Kier molecular flexibility index (Phi) is 2.73. The molecule has 0 saturated carbocycles. The first-order chi connectivity index (χ1) is 9.33. The van der Waals surface area contributed by atoms with Crippen molar-refractivity contribution in [1.29, 1.82) is 0 Å². The van der Waals surface area contributed by atoms with Gasteiger partial charge >= 0.3 is 6.09 Å². The van der Waals surface area contributed by atoms with Crippen LogP contribution in [0.4, 0.5) is 10.6 Å². The number of H-pyrrole nitrogens is 2. The number of ether oxygens (including phenoxy) is 1. The molecule has 10 heteroatoms. The molecular formula is C9H8N8O2. The Morgan fingerprint density at radius 2 is 2.32 bits per heavy atom. The van der Waals surface area contributed by atoms with Crippen molar-refractivity contribution in [3.63, 3.8) is 0 Å². The lowest BCUT2D eigenvalue weighted by atomic mass is 10.5. The first-order valence-electron chi connectivity index (χ1n) is 5.26. The molecule has 3 rings (SSSR count). The van der Waals surface area contributed by atoms with Gasteiger partial charge in [-0.15, -0.1) is 5.10 Å². The first-order valence-corrected chi connectivity index (χ1v) is 5.26. The van der Waals surface area contributed by atoms with Crippen LogP contribution in [0.2, 0.25) is 0 Å². The van der Waals surface area contributed by atoms with E-state index in [0.29, 0.717) is 16.9 Å². The molecule has 0 saturated heterocycles. The molecule has 0 aliphatic heterocycles. The average Bonchev–Trinajstić information content (AvgIpc) is 3.08. The van der Waals surface area contributed by atoms with Crippen LogP contribution < -0.4 is 5.32 Å². The molecule has 1 amide bonds. The maximum absolute atomic E-state index is 11.6. The molecule has 0 aromatic carbocycles. The fourth-order valence-electron chi connectivity index (χ4n) is 1.42. The van der Waals surface area contributed by atoms with Gasteiger partial charge in [-0.1, -0.05) is 5.21 Å². The van der Waals surface area contributed by atoms with E-state index in [4.69, 9.17) is 4.74 Å². The van der Waals surface area contributed by atoms with Crippen molar-refractivity contribution in [3.05, 3.63) is 24.5 Å². The second-order valence-electron chi connectivity index (χ2n) is 3.50. The predicted molar refractivity (Wildman–Crippen MR) is 61.9 cm³/mol. The van der Waals surface area contributed by atoms with Gasteiger partial charge < -0.3 is 9.72 Å². The van der Waals surface area contributed by atoms with Gasteiger partial charge in [-0.05, 0) is 0 Å². The summed E-state index contributed by atoms with van der Waals surface area (Å²) >= 11 is 0. The Labute approximate surface area is 105 Å². The number of hydrogen-bond donors (Lipinski definition) is 3. The molecular weight excluding hydrogens is 252 g/mol. The number of carbonyl (C=O) groups is 1. The van der Waals surface area contributed by atoms with Crippen molar-refractivity contribution < 1.29 is 9.53 Å². The van der Waals surface area contributed by atoms with Gasteiger partial charge in [0, 0.05) is 0 Å². The number of nitrogens with one attached hydrogen (secondary N) is 3. The maximum atomic E-state index is 11.6. The molecule has 0 unspecified atom stereocenters. The molecule has 3 aromatic rings. The number of amides is 1. The summed E-state index contributed by atoms with van der Waals surface area (Å²) in [7, 11) is 0. The second kappa shape index (κ2) is 4.68. The number of hydrogen-bond acceptors (Lipinski definition) is 7. The van der Waals surface area contributed by atoms with E-state index < -0.39 is 6.09 Å². The van der Waals surface area contributed by atoms with Crippen molar-refractivity contribution in [2.24, 2.45) is 0 Å². The zero-order valence-electron chi connectivity index (χ0n) is 9.49. The summed E-state index contributed by atoms with van der Waals surface area (Å²) in [6.45, 7) is 0.0353. The summed E-state index contributed by atoms with van der Waals surface area (Å²) in [4.78, 5) is 26.3. The molecule has 0 atom stereocenters. The number of anilines is 1. The largest absolute Gasteiger partial charge is 0.443 e. The van der Waals surface area contributed by atoms with Crippen LogP contribution in [0, 0.1) is 0 Å². The van der Waals surface area contributed by atoms with Gasteiger partial charge in [-0.2, -0.15) is 0 Å². The van der Waals surface area contributed by atoms with Crippen LogP contribution >= 0.6 is 0 Å². The zero-order chi connectivity index (χ0) is 13.1. The van der Waals surface area contributed by atoms with E-state index in [1.54, 1.807) is 0 Å². The van der Waals surface area contributed by atoms with E-state index in [9.17, 15) is 4.79 Å². The standard InChI is InChI=1S/C9H8N8O2/c18-9(19-2-5-1-14-17-16-5)15-8-6-7(11-3-10-6)12-4-13-8/h1,3-4H,2H2,(H,14,16,17)(H2,10,11,12,13,15,18). The minimum atomic E-state index is -0.655. The molecule has 0 aliphatic carbocycles. The predicted octanol–water partition coefficient (Wildman–Crippen LogP) is 0.220. The molecule has 96 valence electrons. The molecule has 0 bridgehead atoms. The third kappa shape index (κ3) is 2.31. The summed E-state index contributed by atoms with van der Waals surface area (Å²) < 4.78 is 4.96. The Hall–Kier alpha value is -3.04. The highest BCUT2D eigenvalue weighted by atomic mass is 16.5. The number of imidazole rings is 1. The van der Waals surface area contributed by atoms with E-state index >= 15 is 0 Å². The van der Waals surface area contributed by atoms with Crippen LogP contribution in [0.25, 0.3) is 11.2 Å². The van der Waals surface area contributed by atoms with Crippen molar-refractivity contribution in [2.75, 3.05) is 5.32 Å². The lowest BCUT2D eigenvalue weighted by Gasteiger charge is -2.04. The number of nitrogens with zero attached hydrogens (tertiary/aromatic N) is 5. The molecule has 3 N–H and O–H groups in total. The average molecular weight is 260 g/mol. The molecule has 10 nitrogen and oxygen atoms in total. The highest BCUT2D eigenvalue weighted by Crippen LogP contribution is 2.14. The van der Waals surface area contributed by atoms with E-state index in [0.717, 1.165) is 0 Å². The van der Waals surface area contributed by atoms with Crippen LogP contribution in [0.5, 0.6) is 0 Å². The number of aromatic amines is 2. The fourth-order valence-corrected chi connectivity index (χ4v) is 1.42. The van der Waals surface area contributed by atoms with E-state index in [1.165, 1.54) is 18.9 Å². The van der Waals surface area contributed by atoms with E-state index in [2.05, 4.69) is 40.7 Å². The van der Waals surface area contributed by atoms with Gasteiger partial charge in [-0.3, -0.25) is 10.4 Å². The minimum Gasteiger partial charge on any atom is -0.443 e. The van der Waals surface area contributed by atoms with Gasteiger partial charge in [0.25, 0.3) is 0 Å². The van der Waals surface area contributed by atoms with Crippen molar-refractivity contribution >= 4 is 23.1 Å². The molecule has 0 spiro atoms. The molecule has 0 aliphatic rings. The number of fused-ring (bicyclic) bond motifs is 1. The van der Waals surface area contributed by atoms with E-state index in [-0.39, 0.29) is 12.4 Å². The lowest BCUT2D eigenvalue weighted by molar-refractivity contribution is 0.153. The minimum absolute atomic E-state index is 0.0353. The Morgan fingerprint density at radius 1 is 1.37 bits per heavy atom. The van der Waals surface area contributed by atoms with Gasteiger partial charge in [0.15, 0.2) is 17.0 Å². The Morgan fingerprint density at radius 3 is 3.16 bits per heavy atom. The van der Waals surface area contributed by atoms with Gasteiger partial charge in [0.2, 0.25) is 0 Å². The number of carbonyl (C=O) groups excluding carboxylic acids is 1. The molecule has 0 radical (unpaired) electrons. The highest BCUT2D eigenvalue weighted by molar-refractivity contribution is 5.92. The molecule has 3 heterocycles. The molecule has 3 aromatic heterocycles. The first kappa shape index (κ1) is 11.1. The Bertz CT molecular complexity index is 691. The topological polar surface area (TPSA) is 134 Å². The van der Waals surface area contributed by atoms with Crippen molar-refractivity contribution in [2.45, 2.75) is 6.61 Å². The Balaban J connectivity index is 1.67. The summed E-state index contributed by atoms with van der Waals surface area (Å²) in [5.74, 6) is 0.277. The van der Waals surface area contributed by atoms with Gasteiger partial charge in [0.1, 0.15) is 12.9 Å². The molecule has 19 heavy (non-hydrogen) atoms. The third-order valence-corrected chi connectivity index (χ3v) is 2.26. The normalized spacial score (nSPS) is 10.5. The van der Waals surface area contributed by atoms with Crippen molar-refractivity contribution in [1.82, 2.24) is 35.3 Å². The smallest absolute Gasteiger partial charge is 0.413 e. The van der Waals surface area contributed by atoms with Crippen LogP contribution in [0.3, 0.4) is 0 Å². The van der Waals surface area contributed by atoms with Crippen LogP contribution in [-0.4, -0.2) is 41.4 Å². The van der Waals surface area contributed by atoms with E-state index in [1.807, 2.05) is 0 Å². The summed E-state index contributed by atoms with van der Waals surface area (Å²) in [5, 5.41) is 12.1. The van der Waals surface area contributed by atoms with Gasteiger partial charge in [-0.25, -0.2) is 19.7 Å². The monoisotopic (exact) mass is 260 g/mol. The second-order valence-corrected chi connectivity index (χ2v) is 3.50. The SMILES string of the molecule is O=C(Nc1ncnc2[nH]cnc12)OCc1cnn[nH]1. The molecule has 0 fully saturated rings. The number of aromatic nitrogens is 7. The zero-order valence-corrected chi connectivity index (χ0v) is 9.49. The van der Waals surface area contributed by atoms with Gasteiger partial charge in [0.05, 0.1) is 18.2 Å². The van der Waals surface area contributed by atoms with Crippen molar-refractivity contribution in [3.8, 4) is 0 Å². The third-order valence-electron chi connectivity index (χ3n) is 2.26. The van der Waals surface area contributed by atoms with Crippen LogP contribution in [0.1, 0.15) is 5.69 Å². The fraction of sp³-hybridized carbons (Fsp3) is 0.111. The lowest BCUT2D eigenvalue weighted by Crippen LogP contribution is -2.15. The quantitative estimate of drug-likeness (QED) is 0.613. The summed E-state index contributed by atoms with van der Waals surface area (Å²) in [5.41, 5.74) is 1.58. The van der Waals surface area contributed by atoms with Crippen LogP contribution in [-0.2, 0) is 11.3 Å².